The quantitative estimate of drug-likeness (QED) is 0.854. The third kappa shape index (κ3) is 3.32. The molecule has 1 aromatic heterocycles. The fourth-order valence-corrected chi connectivity index (χ4v) is 1.69. The zero-order valence-corrected chi connectivity index (χ0v) is 11.0. The van der Waals surface area contributed by atoms with Crippen molar-refractivity contribution in [3.63, 3.8) is 0 Å². The fourth-order valence-electron chi connectivity index (χ4n) is 1.53. The summed E-state index contributed by atoms with van der Waals surface area (Å²) in [6, 6.07) is 5.31. The minimum absolute atomic E-state index is 0.0634. The molecule has 0 atom stereocenters. The molecule has 0 spiro atoms. The molecule has 0 aliphatic carbocycles. The van der Waals surface area contributed by atoms with E-state index in [9.17, 15) is 18.4 Å². The molecule has 0 aliphatic heterocycles. The average molecular weight is 313 g/mol. The number of carbonyl (C=O) groups excluding carboxylic acids is 1. The van der Waals surface area contributed by atoms with Crippen LogP contribution in [0.4, 0.5) is 14.5 Å². The molecular weight excluding hydrogens is 306 g/mol. The smallest absolute Gasteiger partial charge is 0.338 e. The summed E-state index contributed by atoms with van der Waals surface area (Å²) in [7, 11) is 0. The van der Waals surface area contributed by atoms with Crippen LogP contribution in [-0.4, -0.2) is 22.0 Å². The number of pyridine rings is 1. The minimum atomic E-state index is -1.58. The molecule has 0 unspecified atom stereocenters. The van der Waals surface area contributed by atoms with E-state index in [1.54, 1.807) is 0 Å². The first-order chi connectivity index (χ1) is 9.88. The van der Waals surface area contributed by atoms with Crippen LogP contribution in [0.15, 0.2) is 30.3 Å². The van der Waals surface area contributed by atoms with Crippen molar-refractivity contribution in [1.82, 2.24) is 4.98 Å². The number of aromatic nitrogens is 1. The molecule has 1 heterocycles. The van der Waals surface area contributed by atoms with Crippen molar-refractivity contribution < 1.29 is 23.5 Å². The monoisotopic (exact) mass is 312 g/mol. The van der Waals surface area contributed by atoms with E-state index in [1.807, 2.05) is 0 Å². The predicted molar refractivity (Wildman–Crippen MR) is 70.5 cm³/mol. The number of hydrogen-bond donors (Lipinski definition) is 2. The number of amides is 1. The molecule has 0 saturated heterocycles. The van der Waals surface area contributed by atoms with E-state index in [1.165, 1.54) is 18.2 Å². The van der Waals surface area contributed by atoms with E-state index >= 15 is 0 Å². The third-order valence-corrected chi connectivity index (χ3v) is 2.69. The number of halogens is 3. The second kappa shape index (κ2) is 5.84. The summed E-state index contributed by atoms with van der Waals surface area (Å²) in [6.07, 6.45) is 0. The summed E-state index contributed by atoms with van der Waals surface area (Å²) in [5.74, 6) is -4.73. The Morgan fingerprint density at radius 3 is 2.52 bits per heavy atom. The first-order valence-electron chi connectivity index (χ1n) is 5.54. The topological polar surface area (TPSA) is 79.3 Å². The summed E-state index contributed by atoms with van der Waals surface area (Å²) in [6.45, 7) is 0. The van der Waals surface area contributed by atoms with E-state index in [2.05, 4.69) is 10.3 Å². The normalized spacial score (nSPS) is 10.2. The summed E-state index contributed by atoms with van der Waals surface area (Å²) in [5, 5.41) is 10.9. The summed E-state index contributed by atoms with van der Waals surface area (Å²) in [5.41, 5.74) is -1.32. The summed E-state index contributed by atoms with van der Waals surface area (Å²) in [4.78, 5) is 26.3. The molecule has 2 aromatic rings. The van der Waals surface area contributed by atoms with Gasteiger partial charge in [-0.25, -0.2) is 18.6 Å². The van der Waals surface area contributed by atoms with Gasteiger partial charge in [-0.2, -0.15) is 0 Å². The lowest BCUT2D eigenvalue weighted by molar-refractivity contribution is 0.0691. The molecular formula is C13H7ClF2N2O3. The number of aromatic carboxylic acids is 1. The van der Waals surface area contributed by atoms with Crippen LogP contribution in [0.5, 0.6) is 0 Å². The molecule has 1 amide bonds. The van der Waals surface area contributed by atoms with E-state index in [0.29, 0.717) is 12.1 Å². The molecule has 2 rings (SSSR count). The second-order valence-corrected chi connectivity index (χ2v) is 4.30. The Balaban J connectivity index is 2.33. The van der Waals surface area contributed by atoms with Crippen molar-refractivity contribution >= 4 is 29.2 Å². The van der Waals surface area contributed by atoms with Crippen molar-refractivity contribution in [3.05, 3.63) is 58.4 Å². The van der Waals surface area contributed by atoms with Gasteiger partial charge in [0.05, 0.1) is 11.3 Å². The number of benzene rings is 1. The molecule has 0 saturated carbocycles. The van der Waals surface area contributed by atoms with Gasteiger partial charge < -0.3 is 10.4 Å². The van der Waals surface area contributed by atoms with Gasteiger partial charge in [0.2, 0.25) is 0 Å². The third-order valence-electron chi connectivity index (χ3n) is 2.48. The molecule has 5 nitrogen and oxygen atoms in total. The lowest BCUT2D eigenvalue weighted by Gasteiger charge is -2.08. The highest BCUT2D eigenvalue weighted by molar-refractivity contribution is 6.29. The van der Waals surface area contributed by atoms with E-state index < -0.39 is 34.8 Å². The standard InChI is InChI=1S/C13H7ClF2N2O3/c14-11-3-1-2-9(17-11)12(19)18-10-4-6(13(20)21)7(15)5-8(10)16/h1-5H,(H,18,19)(H,20,21). The Hall–Kier alpha value is -2.54. The Labute approximate surface area is 122 Å². The Morgan fingerprint density at radius 1 is 1.19 bits per heavy atom. The maximum Gasteiger partial charge on any atom is 0.338 e. The van der Waals surface area contributed by atoms with Gasteiger partial charge in [0.15, 0.2) is 0 Å². The summed E-state index contributed by atoms with van der Waals surface area (Å²) >= 11 is 5.62. The number of hydrogen-bond acceptors (Lipinski definition) is 3. The van der Waals surface area contributed by atoms with Gasteiger partial charge in [-0.15, -0.1) is 0 Å². The molecule has 0 fully saturated rings. The number of nitrogens with zero attached hydrogens (tertiary/aromatic N) is 1. The van der Waals surface area contributed by atoms with E-state index in [4.69, 9.17) is 16.7 Å². The van der Waals surface area contributed by atoms with Crippen LogP contribution in [-0.2, 0) is 0 Å². The van der Waals surface area contributed by atoms with Crippen LogP contribution in [0, 0.1) is 11.6 Å². The van der Waals surface area contributed by atoms with Crippen LogP contribution < -0.4 is 5.32 Å². The van der Waals surface area contributed by atoms with Gasteiger partial charge in [0.1, 0.15) is 22.5 Å². The zero-order chi connectivity index (χ0) is 15.6. The fraction of sp³-hybridized carbons (Fsp3) is 0. The Kier molecular flexibility index (Phi) is 4.13. The first kappa shape index (κ1) is 14.9. The highest BCUT2D eigenvalue weighted by Crippen LogP contribution is 2.20. The number of nitrogens with one attached hydrogen (secondary N) is 1. The largest absolute Gasteiger partial charge is 0.478 e. The Morgan fingerprint density at radius 2 is 1.90 bits per heavy atom. The molecule has 0 radical (unpaired) electrons. The Bertz CT molecular complexity index is 737. The van der Waals surface area contributed by atoms with Crippen molar-refractivity contribution in [2.45, 2.75) is 0 Å². The average Bonchev–Trinajstić information content (AvgIpc) is 2.41. The lowest BCUT2D eigenvalue weighted by atomic mass is 10.1. The van der Waals surface area contributed by atoms with E-state index in [-0.39, 0.29) is 10.8 Å². The van der Waals surface area contributed by atoms with Crippen LogP contribution in [0.3, 0.4) is 0 Å². The minimum Gasteiger partial charge on any atom is -0.478 e. The number of carboxylic acids is 1. The molecule has 0 bridgehead atoms. The van der Waals surface area contributed by atoms with Crippen molar-refractivity contribution in [1.29, 1.82) is 0 Å². The SMILES string of the molecule is O=C(Nc1cc(C(=O)O)c(F)cc1F)c1cccc(Cl)n1. The van der Waals surface area contributed by atoms with Crippen LogP contribution in [0.25, 0.3) is 0 Å². The molecule has 2 N–H and O–H groups in total. The number of carbonyl (C=O) groups is 2. The predicted octanol–water partition coefficient (Wildman–Crippen LogP) is 2.96. The van der Waals surface area contributed by atoms with Gasteiger partial charge in [-0.3, -0.25) is 4.79 Å². The number of carboxylic acid groups (broad SMARTS) is 1. The molecule has 1 aromatic carbocycles. The van der Waals surface area contributed by atoms with Gasteiger partial charge in [-0.1, -0.05) is 17.7 Å². The van der Waals surface area contributed by atoms with Crippen LogP contribution >= 0.6 is 11.6 Å². The molecule has 0 aliphatic rings. The maximum absolute atomic E-state index is 13.6. The van der Waals surface area contributed by atoms with Gasteiger partial charge in [-0.05, 0) is 18.2 Å². The highest BCUT2D eigenvalue weighted by Gasteiger charge is 2.17. The van der Waals surface area contributed by atoms with E-state index in [0.717, 1.165) is 0 Å². The molecule has 108 valence electrons. The van der Waals surface area contributed by atoms with Crippen molar-refractivity contribution in [3.8, 4) is 0 Å². The van der Waals surface area contributed by atoms with Gasteiger partial charge >= 0.3 is 5.97 Å². The van der Waals surface area contributed by atoms with Gasteiger partial charge in [0, 0.05) is 6.07 Å². The molecule has 21 heavy (non-hydrogen) atoms. The van der Waals surface area contributed by atoms with Gasteiger partial charge in [0.25, 0.3) is 5.91 Å². The number of anilines is 1. The van der Waals surface area contributed by atoms with Crippen molar-refractivity contribution in [2.24, 2.45) is 0 Å². The van der Waals surface area contributed by atoms with Crippen LogP contribution in [0.2, 0.25) is 5.15 Å². The first-order valence-corrected chi connectivity index (χ1v) is 5.92. The number of rotatable bonds is 3. The second-order valence-electron chi connectivity index (χ2n) is 3.92. The lowest BCUT2D eigenvalue weighted by Crippen LogP contribution is -2.15. The van der Waals surface area contributed by atoms with Crippen LogP contribution in [0.1, 0.15) is 20.8 Å². The maximum atomic E-state index is 13.6. The highest BCUT2D eigenvalue weighted by atomic mass is 35.5. The molecule has 8 heteroatoms. The summed E-state index contributed by atoms with van der Waals surface area (Å²) < 4.78 is 26.8. The van der Waals surface area contributed by atoms with Crippen molar-refractivity contribution in [2.75, 3.05) is 5.32 Å². The zero-order valence-electron chi connectivity index (χ0n) is 10.2.